The van der Waals surface area contributed by atoms with Crippen molar-refractivity contribution < 1.29 is 9.53 Å². The van der Waals surface area contributed by atoms with Gasteiger partial charge < -0.3 is 4.74 Å². The molecule has 0 spiro atoms. The molecule has 0 unspecified atom stereocenters. The van der Waals surface area contributed by atoms with Crippen LogP contribution in [0.4, 0.5) is 5.69 Å². The lowest BCUT2D eigenvalue weighted by Gasteiger charge is -2.20. The van der Waals surface area contributed by atoms with E-state index < -0.39 is 0 Å². The van der Waals surface area contributed by atoms with Gasteiger partial charge in [-0.2, -0.15) is 0 Å². The topological polar surface area (TPSA) is 53.4 Å². The third-order valence-electron chi connectivity index (χ3n) is 3.12. The van der Waals surface area contributed by atoms with E-state index in [2.05, 4.69) is 6.92 Å². The second-order valence-electron chi connectivity index (χ2n) is 4.42. The van der Waals surface area contributed by atoms with Crippen LogP contribution in [-0.4, -0.2) is 23.9 Å². The Bertz CT molecular complexity index is 486. The molecule has 1 aliphatic rings. The number of aryl methyl sites for hydroxylation is 1. The Labute approximate surface area is 117 Å². The average Bonchev–Trinajstić information content (AvgIpc) is 2.76. The van der Waals surface area contributed by atoms with Crippen molar-refractivity contribution in [3.05, 3.63) is 23.8 Å². The number of nitrogens with one attached hydrogen (secondary N) is 1. The van der Waals surface area contributed by atoms with Gasteiger partial charge in [-0.05, 0) is 24.5 Å². The molecule has 5 heteroatoms. The smallest absolute Gasteiger partial charge is 0.243 e. The lowest BCUT2D eigenvalue weighted by atomic mass is 10.1. The van der Waals surface area contributed by atoms with Gasteiger partial charge in [-0.15, -0.1) is 0 Å². The highest BCUT2D eigenvalue weighted by Crippen LogP contribution is 2.32. The van der Waals surface area contributed by atoms with Gasteiger partial charge in [0.25, 0.3) is 0 Å². The van der Waals surface area contributed by atoms with Gasteiger partial charge in [0, 0.05) is 6.07 Å². The quantitative estimate of drug-likeness (QED) is 0.900. The normalized spacial score (nSPS) is 15.2. The monoisotopic (exact) mass is 278 g/mol. The lowest BCUT2D eigenvalue weighted by molar-refractivity contribution is -0.115. The summed E-state index contributed by atoms with van der Waals surface area (Å²) < 4.78 is 5.23. The Kier molecular flexibility index (Phi) is 4.47. The highest BCUT2D eigenvalue weighted by molar-refractivity contribution is 8.15. The first-order valence-electron chi connectivity index (χ1n) is 6.38. The molecule has 1 saturated heterocycles. The van der Waals surface area contributed by atoms with Crippen molar-refractivity contribution in [2.24, 2.45) is 0 Å². The van der Waals surface area contributed by atoms with Crippen molar-refractivity contribution >= 4 is 28.5 Å². The van der Waals surface area contributed by atoms with Gasteiger partial charge >= 0.3 is 0 Å². The van der Waals surface area contributed by atoms with Crippen molar-refractivity contribution in [1.82, 2.24) is 0 Å². The highest BCUT2D eigenvalue weighted by Gasteiger charge is 2.30. The van der Waals surface area contributed by atoms with Crippen LogP contribution in [0.25, 0.3) is 0 Å². The minimum Gasteiger partial charge on any atom is -0.497 e. The van der Waals surface area contributed by atoms with Crippen molar-refractivity contribution in [2.75, 3.05) is 17.8 Å². The fraction of sp³-hybridized carbons (Fsp3) is 0.429. The molecule has 102 valence electrons. The minimum absolute atomic E-state index is 0.0269. The Morgan fingerprint density at radius 2 is 2.26 bits per heavy atom. The van der Waals surface area contributed by atoms with E-state index in [1.165, 1.54) is 16.7 Å². The lowest BCUT2D eigenvalue weighted by Crippen LogP contribution is -2.29. The molecule has 1 heterocycles. The van der Waals surface area contributed by atoms with Gasteiger partial charge in [0.05, 0.1) is 18.6 Å². The maximum absolute atomic E-state index is 11.9. The minimum atomic E-state index is -0.0269. The third-order valence-corrected chi connectivity index (χ3v) is 3.97. The number of hydrogen-bond acceptors (Lipinski definition) is 4. The molecule has 1 aromatic carbocycles. The SMILES string of the molecule is CCCCc1ccc(OC)cc1N1C(=N)SCC1=O. The number of thioether (sulfide) groups is 1. The molecular formula is C14H18N2O2S. The van der Waals surface area contributed by atoms with Crippen LogP contribution in [0, 0.1) is 5.41 Å². The van der Waals surface area contributed by atoms with Crippen molar-refractivity contribution in [1.29, 1.82) is 5.41 Å². The second kappa shape index (κ2) is 6.10. The Morgan fingerprint density at radius 1 is 1.47 bits per heavy atom. The standard InChI is InChI=1S/C14H18N2O2S/c1-3-4-5-10-6-7-11(18-2)8-12(10)16-13(17)9-19-14(16)15/h6-8,15H,3-5,9H2,1-2H3. The molecule has 1 amide bonds. The fourth-order valence-electron chi connectivity index (χ4n) is 2.07. The number of benzene rings is 1. The molecule has 0 aliphatic carbocycles. The first-order valence-corrected chi connectivity index (χ1v) is 7.37. The molecule has 0 radical (unpaired) electrons. The number of methoxy groups -OCH3 is 1. The predicted molar refractivity (Wildman–Crippen MR) is 79.3 cm³/mol. The van der Waals surface area contributed by atoms with E-state index in [1.54, 1.807) is 7.11 Å². The predicted octanol–water partition coefficient (Wildman–Crippen LogP) is 3.05. The van der Waals surface area contributed by atoms with Crippen LogP contribution in [0.15, 0.2) is 18.2 Å². The van der Waals surface area contributed by atoms with Crippen LogP contribution < -0.4 is 9.64 Å². The number of ether oxygens (including phenoxy) is 1. The summed E-state index contributed by atoms with van der Waals surface area (Å²) in [6.45, 7) is 2.14. The first kappa shape index (κ1) is 13.9. The molecule has 0 aromatic heterocycles. The van der Waals surface area contributed by atoms with E-state index in [4.69, 9.17) is 10.1 Å². The first-order chi connectivity index (χ1) is 9.17. The zero-order chi connectivity index (χ0) is 13.8. The van der Waals surface area contributed by atoms with Gasteiger partial charge in [0.2, 0.25) is 5.91 Å². The average molecular weight is 278 g/mol. The Hall–Kier alpha value is -1.49. The van der Waals surface area contributed by atoms with E-state index in [0.29, 0.717) is 16.7 Å². The number of amidine groups is 1. The van der Waals surface area contributed by atoms with E-state index in [0.717, 1.165) is 30.5 Å². The molecule has 2 rings (SSSR count). The molecule has 0 saturated carbocycles. The van der Waals surface area contributed by atoms with Crippen LogP contribution in [0.3, 0.4) is 0 Å². The van der Waals surface area contributed by atoms with Gasteiger partial charge in [-0.3, -0.25) is 15.1 Å². The Balaban J connectivity index is 2.39. The van der Waals surface area contributed by atoms with Crippen LogP contribution in [0.5, 0.6) is 5.75 Å². The van der Waals surface area contributed by atoms with E-state index >= 15 is 0 Å². The van der Waals surface area contributed by atoms with Crippen LogP contribution in [0.1, 0.15) is 25.3 Å². The molecule has 1 fully saturated rings. The summed E-state index contributed by atoms with van der Waals surface area (Å²) in [6.07, 6.45) is 3.09. The maximum atomic E-state index is 11.9. The second-order valence-corrected chi connectivity index (χ2v) is 5.39. The van der Waals surface area contributed by atoms with Gasteiger partial charge in [-0.25, -0.2) is 0 Å². The van der Waals surface area contributed by atoms with Gasteiger partial charge in [0.15, 0.2) is 5.17 Å². The number of anilines is 1. The Morgan fingerprint density at radius 3 is 2.84 bits per heavy atom. The number of hydrogen-bond donors (Lipinski definition) is 1. The largest absolute Gasteiger partial charge is 0.497 e. The fourth-order valence-corrected chi connectivity index (χ4v) is 2.79. The van der Waals surface area contributed by atoms with E-state index in [-0.39, 0.29) is 5.91 Å². The summed E-state index contributed by atoms with van der Waals surface area (Å²) in [5.41, 5.74) is 1.90. The van der Waals surface area contributed by atoms with E-state index in [9.17, 15) is 4.79 Å². The van der Waals surface area contributed by atoms with Gasteiger partial charge in [0.1, 0.15) is 5.75 Å². The maximum Gasteiger partial charge on any atom is 0.243 e. The molecule has 0 atom stereocenters. The van der Waals surface area contributed by atoms with Crippen molar-refractivity contribution in [3.8, 4) is 5.75 Å². The summed E-state index contributed by atoms with van der Waals surface area (Å²) in [5, 5.41) is 8.20. The highest BCUT2D eigenvalue weighted by atomic mass is 32.2. The summed E-state index contributed by atoms with van der Waals surface area (Å²) >= 11 is 1.27. The number of nitrogens with zero attached hydrogens (tertiary/aromatic N) is 1. The van der Waals surface area contributed by atoms with E-state index in [1.807, 2.05) is 18.2 Å². The molecule has 19 heavy (non-hydrogen) atoms. The van der Waals surface area contributed by atoms with Crippen LogP contribution in [0.2, 0.25) is 0 Å². The van der Waals surface area contributed by atoms with Gasteiger partial charge in [-0.1, -0.05) is 31.2 Å². The van der Waals surface area contributed by atoms with Crippen molar-refractivity contribution in [3.63, 3.8) is 0 Å². The zero-order valence-corrected chi connectivity index (χ0v) is 12.0. The molecule has 4 nitrogen and oxygen atoms in total. The number of amides is 1. The molecule has 1 N–H and O–H groups in total. The number of carbonyl (C=O) groups is 1. The molecule has 0 bridgehead atoms. The van der Waals surface area contributed by atoms with Crippen molar-refractivity contribution in [2.45, 2.75) is 26.2 Å². The zero-order valence-electron chi connectivity index (χ0n) is 11.2. The molecule has 1 aromatic rings. The summed E-state index contributed by atoms with van der Waals surface area (Å²) in [7, 11) is 1.61. The number of unbranched alkanes of at least 4 members (excludes halogenated alkanes) is 1. The summed E-state index contributed by atoms with van der Waals surface area (Å²) in [4.78, 5) is 13.4. The molecular weight excluding hydrogens is 260 g/mol. The number of carbonyl (C=O) groups excluding carboxylic acids is 1. The van der Waals surface area contributed by atoms with Crippen LogP contribution in [-0.2, 0) is 11.2 Å². The summed E-state index contributed by atoms with van der Waals surface area (Å²) in [5.74, 6) is 1.04. The van der Waals surface area contributed by atoms with Crippen LogP contribution >= 0.6 is 11.8 Å². The third kappa shape index (κ3) is 2.92. The molecule has 1 aliphatic heterocycles. The number of rotatable bonds is 5. The summed E-state index contributed by atoms with van der Waals surface area (Å²) in [6, 6.07) is 5.75.